The molecule has 14 heavy (non-hydrogen) atoms. The van der Waals surface area contributed by atoms with Crippen LogP contribution in [0.2, 0.25) is 0 Å². The molecule has 0 radical (unpaired) electrons. The molecule has 0 spiro atoms. The molecule has 1 unspecified atom stereocenters. The summed E-state index contributed by atoms with van der Waals surface area (Å²) in [5.41, 5.74) is 0. The van der Waals surface area contributed by atoms with Crippen LogP contribution in [0, 0.1) is 5.92 Å². The average Bonchev–Trinajstić information content (AvgIpc) is 2.64. The molecule has 0 amide bonds. The van der Waals surface area contributed by atoms with Crippen LogP contribution in [0.15, 0.2) is 17.6 Å². The Hall–Kier alpha value is -0.480. The van der Waals surface area contributed by atoms with E-state index < -0.39 is 0 Å². The van der Waals surface area contributed by atoms with E-state index in [2.05, 4.69) is 36.1 Å². The standard InChI is InChI=1S/C10H19N3S/c1-8(2)9(3)11-6-7-14-10-12-4-5-13-10/h4-5,8-9,11H,6-7H2,1-3H3,(H,12,13). The Morgan fingerprint density at radius 3 is 2.86 bits per heavy atom. The topological polar surface area (TPSA) is 40.7 Å². The van der Waals surface area contributed by atoms with E-state index in [0.717, 1.165) is 17.5 Å². The van der Waals surface area contributed by atoms with E-state index in [1.54, 1.807) is 18.0 Å². The highest BCUT2D eigenvalue weighted by atomic mass is 32.2. The van der Waals surface area contributed by atoms with Gasteiger partial charge in [0.2, 0.25) is 0 Å². The van der Waals surface area contributed by atoms with E-state index >= 15 is 0 Å². The van der Waals surface area contributed by atoms with Crippen LogP contribution in [0.25, 0.3) is 0 Å². The van der Waals surface area contributed by atoms with Crippen molar-refractivity contribution in [1.82, 2.24) is 15.3 Å². The van der Waals surface area contributed by atoms with Crippen molar-refractivity contribution >= 4 is 11.8 Å². The molecule has 0 aliphatic rings. The molecule has 1 rings (SSSR count). The third-order valence-electron chi connectivity index (χ3n) is 2.28. The summed E-state index contributed by atoms with van der Waals surface area (Å²) in [6.45, 7) is 7.72. The lowest BCUT2D eigenvalue weighted by Crippen LogP contribution is -2.32. The zero-order chi connectivity index (χ0) is 10.4. The number of aromatic nitrogens is 2. The number of nitrogens with zero attached hydrogens (tertiary/aromatic N) is 1. The van der Waals surface area contributed by atoms with Gasteiger partial charge in [-0.3, -0.25) is 0 Å². The highest BCUT2D eigenvalue weighted by Crippen LogP contribution is 2.10. The monoisotopic (exact) mass is 213 g/mol. The zero-order valence-electron chi connectivity index (χ0n) is 9.08. The van der Waals surface area contributed by atoms with E-state index in [0.29, 0.717) is 12.0 Å². The summed E-state index contributed by atoms with van der Waals surface area (Å²) in [6.07, 6.45) is 3.64. The molecule has 0 saturated carbocycles. The van der Waals surface area contributed by atoms with E-state index in [-0.39, 0.29) is 0 Å². The van der Waals surface area contributed by atoms with Crippen molar-refractivity contribution in [3.05, 3.63) is 12.4 Å². The molecule has 1 aromatic rings. The van der Waals surface area contributed by atoms with Crippen LogP contribution in [0.4, 0.5) is 0 Å². The molecule has 0 saturated heterocycles. The molecule has 0 aliphatic heterocycles. The maximum absolute atomic E-state index is 4.15. The lowest BCUT2D eigenvalue weighted by Gasteiger charge is -2.16. The summed E-state index contributed by atoms with van der Waals surface area (Å²) >= 11 is 1.75. The number of rotatable bonds is 6. The van der Waals surface area contributed by atoms with Crippen molar-refractivity contribution in [1.29, 1.82) is 0 Å². The minimum absolute atomic E-state index is 0.590. The van der Waals surface area contributed by atoms with Gasteiger partial charge in [0.25, 0.3) is 0 Å². The Bertz CT molecular complexity index is 234. The molecule has 1 heterocycles. The van der Waals surface area contributed by atoms with Gasteiger partial charge in [-0.2, -0.15) is 0 Å². The normalized spacial score (nSPS) is 13.4. The number of nitrogens with one attached hydrogen (secondary N) is 2. The Morgan fingerprint density at radius 1 is 1.50 bits per heavy atom. The second-order valence-electron chi connectivity index (χ2n) is 3.73. The molecular formula is C10H19N3S. The van der Waals surface area contributed by atoms with Gasteiger partial charge in [-0.15, -0.1) is 0 Å². The molecule has 1 aromatic heterocycles. The van der Waals surface area contributed by atoms with Gasteiger partial charge in [-0.25, -0.2) is 4.98 Å². The lowest BCUT2D eigenvalue weighted by atomic mass is 10.1. The maximum atomic E-state index is 4.15. The maximum Gasteiger partial charge on any atom is 0.165 e. The lowest BCUT2D eigenvalue weighted by molar-refractivity contribution is 0.438. The predicted octanol–water partition coefficient (Wildman–Crippen LogP) is 2.14. The van der Waals surface area contributed by atoms with Crippen molar-refractivity contribution in [3.63, 3.8) is 0 Å². The van der Waals surface area contributed by atoms with Gasteiger partial charge < -0.3 is 10.3 Å². The van der Waals surface area contributed by atoms with Crippen molar-refractivity contribution in [2.75, 3.05) is 12.3 Å². The second kappa shape index (κ2) is 6.09. The molecule has 80 valence electrons. The summed E-state index contributed by atoms with van der Waals surface area (Å²) in [4.78, 5) is 7.22. The first-order chi connectivity index (χ1) is 6.70. The van der Waals surface area contributed by atoms with Crippen LogP contribution in [-0.2, 0) is 0 Å². The van der Waals surface area contributed by atoms with Gasteiger partial charge in [-0.05, 0) is 12.8 Å². The van der Waals surface area contributed by atoms with Crippen LogP contribution in [0.1, 0.15) is 20.8 Å². The molecule has 0 aliphatic carbocycles. The van der Waals surface area contributed by atoms with Gasteiger partial charge >= 0.3 is 0 Å². The molecule has 2 N–H and O–H groups in total. The molecule has 0 fully saturated rings. The van der Waals surface area contributed by atoms with Crippen LogP contribution < -0.4 is 5.32 Å². The Kier molecular flexibility index (Phi) is 5.04. The predicted molar refractivity (Wildman–Crippen MR) is 61.6 cm³/mol. The van der Waals surface area contributed by atoms with Gasteiger partial charge in [0.15, 0.2) is 5.16 Å². The quantitative estimate of drug-likeness (QED) is 0.562. The van der Waals surface area contributed by atoms with Crippen molar-refractivity contribution in [3.8, 4) is 0 Å². The van der Waals surface area contributed by atoms with Crippen molar-refractivity contribution in [2.24, 2.45) is 5.92 Å². The highest BCUT2D eigenvalue weighted by molar-refractivity contribution is 7.99. The van der Waals surface area contributed by atoms with Crippen LogP contribution in [0.3, 0.4) is 0 Å². The fourth-order valence-electron chi connectivity index (χ4n) is 1.000. The van der Waals surface area contributed by atoms with E-state index in [4.69, 9.17) is 0 Å². The Morgan fingerprint density at radius 2 is 2.29 bits per heavy atom. The second-order valence-corrected chi connectivity index (χ2v) is 4.81. The fraction of sp³-hybridized carbons (Fsp3) is 0.700. The van der Waals surface area contributed by atoms with E-state index in [9.17, 15) is 0 Å². The van der Waals surface area contributed by atoms with E-state index in [1.165, 1.54) is 0 Å². The minimum Gasteiger partial charge on any atom is -0.340 e. The number of thioether (sulfide) groups is 1. The number of hydrogen-bond donors (Lipinski definition) is 2. The summed E-state index contributed by atoms with van der Waals surface area (Å²) < 4.78 is 0. The molecule has 1 atom stereocenters. The molecule has 3 nitrogen and oxygen atoms in total. The van der Waals surface area contributed by atoms with Crippen LogP contribution >= 0.6 is 11.8 Å². The van der Waals surface area contributed by atoms with Crippen LogP contribution in [0.5, 0.6) is 0 Å². The number of hydrogen-bond acceptors (Lipinski definition) is 3. The third kappa shape index (κ3) is 4.15. The Labute approximate surface area is 90.1 Å². The third-order valence-corrected chi connectivity index (χ3v) is 3.19. The average molecular weight is 213 g/mol. The SMILES string of the molecule is CC(C)C(C)NCCSc1ncc[nH]1. The van der Waals surface area contributed by atoms with Crippen LogP contribution in [-0.4, -0.2) is 28.3 Å². The minimum atomic E-state index is 0.590. The molecular weight excluding hydrogens is 194 g/mol. The summed E-state index contributed by atoms with van der Waals surface area (Å²) in [6, 6.07) is 0.590. The Balaban J connectivity index is 2.05. The van der Waals surface area contributed by atoms with Gasteiger partial charge in [0, 0.05) is 30.7 Å². The van der Waals surface area contributed by atoms with E-state index in [1.807, 2.05) is 6.20 Å². The van der Waals surface area contributed by atoms with Gasteiger partial charge in [-0.1, -0.05) is 25.6 Å². The summed E-state index contributed by atoms with van der Waals surface area (Å²) in [7, 11) is 0. The van der Waals surface area contributed by atoms with Crippen molar-refractivity contribution in [2.45, 2.75) is 32.0 Å². The first kappa shape index (κ1) is 11.6. The van der Waals surface area contributed by atoms with Crippen molar-refractivity contribution < 1.29 is 0 Å². The molecule has 0 aromatic carbocycles. The zero-order valence-corrected chi connectivity index (χ0v) is 9.90. The molecule has 0 bridgehead atoms. The first-order valence-electron chi connectivity index (χ1n) is 5.05. The first-order valence-corrected chi connectivity index (χ1v) is 6.04. The highest BCUT2D eigenvalue weighted by Gasteiger charge is 2.04. The van der Waals surface area contributed by atoms with Gasteiger partial charge in [0.1, 0.15) is 0 Å². The van der Waals surface area contributed by atoms with Gasteiger partial charge in [0.05, 0.1) is 0 Å². The number of aromatic amines is 1. The summed E-state index contributed by atoms with van der Waals surface area (Å²) in [5, 5.41) is 4.49. The summed E-state index contributed by atoms with van der Waals surface area (Å²) in [5.74, 6) is 1.76. The largest absolute Gasteiger partial charge is 0.340 e. The number of imidazole rings is 1. The fourth-order valence-corrected chi connectivity index (χ4v) is 1.70. The number of H-pyrrole nitrogens is 1. The molecule has 4 heteroatoms. The smallest absolute Gasteiger partial charge is 0.165 e.